The van der Waals surface area contributed by atoms with Crippen molar-refractivity contribution < 1.29 is 14.2 Å². The third kappa shape index (κ3) is 5.57. The van der Waals surface area contributed by atoms with E-state index in [0.717, 1.165) is 11.1 Å². The van der Waals surface area contributed by atoms with Crippen molar-refractivity contribution in [1.29, 1.82) is 0 Å². The molecule has 1 saturated heterocycles. The van der Waals surface area contributed by atoms with Crippen LogP contribution in [0.2, 0.25) is 0 Å². The van der Waals surface area contributed by atoms with E-state index in [4.69, 9.17) is 14.2 Å². The summed E-state index contributed by atoms with van der Waals surface area (Å²) >= 11 is 0. The van der Waals surface area contributed by atoms with Crippen molar-refractivity contribution in [3.8, 4) is 0 Å². The van der Waals surface area contributed by atoms with Crippen LogP contribution in [0.3, 0.4) is 0 Å². The van der Waals surface area contributed by atoms with E-state index in [9.17, 15) is 15.1 Å². The van der Waals surface area contributed by atoms with Crippen molar-refractivity contribution in [3.63, 3.8) is 0 Å². The standard InChI is InChI=1S/C23H23N5O5/c24-27-26-20-21(32-14-17-9-5-2-6-10-17)18(15-31-13-16-7-3-1-4-8-16)33-22(20)28-12-11-19(29)25-23(28)30/h1-12,18,20-22H,13-15H2,(H,25,29,30)/t18-,20-,21+,22-/m1/s1. The molecule has 0 amide bonds. The first-order valence-corrected chi connectivity index (χ1v) is 10.4. The minimum absolute atomic E-state index is 0.153. The molecular formula is C23H23N5O5. The molecule has 1 aliphatic heterocycles. The summed E-state index contributed by atoms with van der Waals surface area (Å²) in [7, 11) is 0. The summed E-state index contributed by atoms with van der Waals surface area (Å²) in [5, 5.41) is 3.88. The van der Waals surface area contributed by atoms with Gasteiger partial charge < -0.3 is 14.2 Å². The Morgan fingerprint density at radius 3 is 2.30 bits per heavy atom. The molecule has 0 aliphatic carbocycles. The highest BCUT2D eigenvalue weighted by atomic mass is 16.6. The molecule has 4 atom stereocenters. The van der Waals surface area contributed by atoms with E-state index >= 15 is 0 Å². The molecule has 0 saturated carbocycles. The van der Waals surface area contributed by atoms with Gasteiger partial charge in [-0.2, -0.15) is 0 Å². The first-order chi connectivity index (χ1) is 16.2. The number of nitrogens with one attached hydrogen (secondary N) is 1. The van der Waals surface area contributed by atoms with E-state index in [0.29, 0.717) is 6.61 Å². The molecule has 1 N–H and O–H groups in total. The predicted molar refractivity (Wildman–Crippen MR) is 119 cm³/mol. The van der Waals surface area contributed by atoms with E-state index in [1.165, 1.54) is 16.8 Å². The zero-order valence-electron chi connectivity index (χ0n) is 17.7. The fourth-order valence-corrected chi connectivity index (χ4v) is 3.73. The number of hydrogen-bond donors (Lipinski definition) is 1. The quantitative estimate of drug-likeness (QED) is 0.305. The van der Waals surface area contributed by atoms with Gasteiger partial charge in [-0.3, -0.25) is 14.3 Å². The second kappa shape index (κ2) is 10.8. The molecule has 4 rings (SSSR count). The lowest BCUT2D eigenvalue weighted by atomic mass is 10.1. The van der Waals surface area contributed by atoms with Crippen LogP contribution in [0, 0.1) is 0 Å². The Kier molecular flexibility index (Phi) is 7.33. The first-order valence-electron chi connectivity index (χ1n) is 10.4. The Balaban J connectivity index is 1.57. The number of H-pyrrole nitrogens is 1. The molecule has 0 radical (unpaired) electrons. The average molecular weight is 449 g/mol. The average Bonchev–Trinajstić information content (AvgIpc) is 3.16. The highest BCUT2D eigenvalue weighted by Gasteiger charge is 2.46. The number of aromatic amines is 1. The summed E-state index contributed by atoms with van der Waals surface area (Å²) in [4.78, 5) is 29.0. The van der Waals surface area contributed by atoms with Gasteiger partial charge in [-0.25, -0.2) is 4.79 Å². The topological polar surface area (TPSA) is 131 Å². The van der Waals surface area contributed by atoms with Crippen molar-refractivity contribution in [1.82, 2.24) is 9.55 Å². The monoisotopic (exact) mass is 449 g/mol. The molecule has 0 spiro atoms. The van der Waals surface area contributed by atoms with Crippen LogP contribution in [0.4, 0.5) is 0 Å². The lowest BCUT2D eigenvalue weighted by Gasteiger charge is -2.21. The Bertz CT molecular complexity index is 1210. The van der Waals surface area contributed by atoms with Gasteiger partial charge in [0.05, 0.1) is 25.9 Å². The second-order valence-corrected chi connectivity index (χ2v) is 7.54. The van der Waals surface area contributed by atoms with E-state index in [-0.39, 0.29) is 13.2 Å². The van der Waals surface area contributed by atoms with Gasteiger partial charge in [-0.1, -0.05) is 65.8 Å². The molecule has 33 heavy (non-hydrogen) atoms. The van der Waals surface area contributed by atoms with Crippen molar-refractivity contribution in [3.05, 3.63) is 115 Å². The molecule has 0 unspecified atom stereocenters. The maximum absolute atomic E-state index is 12.4. The zero-order chi connectivity index (χ0) is 23.0. The molecule has 1 aliphatic rings. The minimum Gasteiger partial charge on any atom is -0.374 e. The SMILES string of the molecule is [N-]=[N+]=N[C@@H]1[C@@H](OCc2ccccc2)[C@@H](COCc2ccccc2)O[C@H]1n1ccc(=O)[nH]c1=O. The van der Waals surface area contributed by atoms with Gasteiger partial charge >= 0.3 is 5.69 Å². The van der Waals surface area contributed by atoms with Crippen molar-refractivity contribution in [2.45, 2.75) is 37.7 Å². The van der Waals surface area contributed by atoms with Crippen molar-refractivity contribution in [2.75, 3.05) is 6.61 Å². The molecule has 170 valence electrons. The first kappa shape index (κ1) is 22.5. The van der Waals surface area contributed by atoms with Gasteiger partial charge in [-0.05, 0) is 16.7 Å². The van der Waals surface area contributed by atoms with Crippen LogP contribution in [0.25, 0.3) is 10.4 Å². The maximum Gasteiger partial charge on any atom is 0.330 e. The molecular weight excluding hydrogens is 426 g/mol. The third-order valence-corrected chi connectivity index (χ3v) is 5.30. The molecule has 10 nitrogen and oxygen atoms in total. The molecule has 0 bridgehead atoms. The van der Waals surface area contributed by atoms with Gasteiger partial charge in [-0.15, -0.1) is 0 Å². The van der Waals surface area contributed by atoms with Crippen LogP contribution >= 0.6 is 0 Å². The fraction of sp³-hybridized carbons (Fsp3) is 0.304. The summed E-state index contributed by atoms with van der Waals surface area (Å²) < 4.78 is 19.3. The minimum atomic E-state index is -0.962. The summed E-state index contributed by atoms with van der Waals surface area (Å²) in [5.74, 6) is 0. The fourth-order valence-electron chi connectivity index (χ4n) is 3.73. The van der Waals surface area contributed by atoms with E-state index in [2.05, 4.69) is 15.0 Å². The van der Waals surface area contributed by atoms with Crippen LogP contribution < -0.4 is 11.2 Å². The van der Waals surface area contributed by atoms with Crippen molar-refractivity contribution >= 4 is 0 Å². The molecule has 3 aromatic rings. The second-order valence-electron chi connectivity index (χ2n) is 7.54. The number of nitrogens with zero attached hydrogens (tertiary/aromatic N) is 4. The van der Waals surface area contributed by atoms with Gasteiger partial charge in [0.1, 0.15) is 18.4 Å². The Morgan fingerprint density at radius 2 is 1.67 bits per heavy atom. The molecule has 1 aromatic heterocycles. The summed E-state index contributed by atoms with van der Waals surface area (Å²) in [6.45, 7) is 0.775. The smallest absolute Gasteiger partial charge is 0.330 e. The number of aromatic nitrogens is 2. The lowest BCUT2D eigenvalue weighted by Crippen LogP contribution is -2.38. The number of ether oxygens (including phenoxy) is 3. The van der Waals surface area contributed by atoms with Gasteiger partial charge in [0.2, 0.25) is 0 Å². The van der Waals surface area contributed by atoms with E-state index in [1.54, 1.807) is 0 Å². The van der Waals surface area contributed by atoms with Gasteiger partial charge in [0.25, 0.3) is 5.56 Å². The molecule has 10 heteroatoms. The van der Waals surface area contributed by atoms with E-state index in [1.807, 2.05) is 60.7 Å². The zero-order valence-corrected chi connectivity index (χ0v) is 17.7. The van der Waals surface area contributed by atoms with Crippen molar-refractivity contribution in [2.24, 2.45) is 5.11 Å². The summed E-state index contributed by atoms with van der Waals surface area (Å²) in [5.41, 5.74) is 9.92. The van der Waals surface area contributed by atoms with Crippen LogP contribution in [-0.4, -0.2) is 34.4 Å². The number of azide groups is 1. The summed E-state index contributed by atoms with van der Waals surface area (Å²) in [6, 6.07) is 19.6. The largest absolute Gasteiger partial charge is 0.374 e. The Morgan fingerprint density at radius 1 is 1.00 bits per heavy atom. The van der Waals surface area contributed by atoms with Gasteiger partial charge in [0.15, 0.2) is 0 Å². The third-order valence-electron chi connectivity index (χ3n) is 5.30. The predicted octanol–water partition coefficient (Wildman–Crippen LogP) is 2.92. The van der Waals surface area contributed by atoms with E-state index < -0.39 is 35.7 Å². The Hall–Kier alpha value is -3.69. The number of benzene rings is 2. The highest BCUT2D eigenvalue weighted by Crippen LogP contribution is 2.34. The van der Waals surface area contributed by atoms with Gasteiger partial charge in [0, 0.05) is 17.2 Å². The number of hydrogen-bond acceptors (Lipinski definition) is 6. The molecule has 2 aromatic carbocycles. The maximum atomic E-state index is 12.4. The molecule has 1 fully saturated rings. The highest BCUT2D eigenvalue weighted by molar-refractivity contribution is 5.14. The van der Waals surface area contributed by atoms with Crippen LogP contribution in [-0.2, 0) is 27.4 Å². The summed E-state index contributed by atoms with van der Waals surface area (Å²) in [6.07, 6.45) is -0.943. The van der Waals surface area contributed by atoms with Crippen LogP contribution in [0.15, 0.2) is 87.6 Å². The van der Waals surface area contributed by atoms with Crippen LogP contribution in [0.5, 0.6) is 0 Å². The normalized spacial score (nSPS) is 22.1. The molecule has 2 heterocycles. The Labute approximate surface area is 189 Å². The van der Waals surface area contributed by atoms with Crippen LogP contribution in [0.1, 0.15) is 17.4 Å². The number of rotatable bonds is 9. The lowest BCUT2D eigenvalue weighted by molar-refractivity contribution is -0.0831.